The molecule has 0 aliphatic rings. The lowest BCUT2D eigenvalue weighted by atomic mass is 10.3. The molecule has 0 radical (unpaired) electrons. The molecule has 0 N–H and O–H groups in total. The Morgan fingerprint density at radius 2 is 1.96 bits per heavy atom. The molecule has 2 aromatic heterocycles. The monoisotopic (exact) mass is 360 g/mol. The van der Waals surface area contributed by atoms with Gasteiger partial charge in [-0.15, -0.1) is 0 Å². The van der Waals surface area contributed by atoms with Gasteiger partial charge >= 0.3 is 0 Å². The largest absolute Gasteiger partial charge is 0.495 e. The molecule has 0 unspecified atom stereocenters. The minimum atomic E-state index is -0.317. The van der Waals surface area contributed by atoms with E-state index >= 15 is 0 Å². The number of thiazole rings is 1. The second-order valence-electron chi connectivity index (χ2n) is 5.50. The number of nitrogens with zero attached hydrogens (tertiary/aromatic N) is 4. The third-order valence-corrected chi connectivity index (χ3v) is 5.08. The zero-order chi connectivity index (χ0) is 18.1. The highest BCUT2D eigenvalue weighted by atomic mass is 32.1. The molecule has 0 aliphatic heterocycles. The number of carbonyl (C=O) groups is 1. The molecular formula is C17H20N4O3S. The summed E-state index contributed by atoms with van der Waals surface area (Å²) in [4.78, 5) is 17.5. The van der Waals surface area contributed by atoms with E-state index in [1.54, 1.807) is 25.0 Å². The molecule has 1 amide bonds. The number of rotatable bonds is 4. The molecular weight excluding hydrogens is 340 g/mol. The van der Waals surface area contributed by atoms with E-state index in [4.69, 9.17) is 9.47 Å². The van der Waals surface area contributed by atoms with E-state index in [-0.39, 0.29) is 5.91 Å². The zero-order valence-electron chi connectivity index (χ0n) is 14.9. The summed E-state index contributed by atoms with van der Waals surface area (Å²) in [6, 6.07) is 5.44. The van der Waals surface area contributed by atoms with E-state index in [0.717, 1.165) is 21.7 Å². The quantitative estimate of drug-likeness (QED) is 0.717. The number of hydrogen-bond donors (Lipinski definition) is 0. The van der Waals surface area contributed by atoms with Crippen molar-refractivity contribution in [3.8, 4) is 11.5 Å². The van der Waals surface area contributed by atoms with Gasteiger partial charge in [0.05, 0.1) is 19.9 Å². The molecule has 0 saturated carbocycles. The number of benzene rings is 1. The summed E-state index contributed by atoms with van der Waals surface area (Å²) >= 11 is 1.39. The van der Waals surface area contributed by atoms with Gasteiger partial charge in [0.2, 0.25) is 0 Å². The number of aromatic nitrogens is 3. The van der Waals surface area contributed by atoms with E-state index in [1.165, 1.54) is 11.3 Å². The minimum Gasteiger partial charge on any atom is -0.495 e. The smallest absolute Gasteiger partial charge is 0.297 e. The lowest BCUT2D eigenvalue weighted by Crippen LogP contribution is -2.15. The summed E-state index contributed by atoms with van der Waals surface area (Å²) < 4.78 is 15.3. The molecule has 0 saturated heterocycles. The fourth-order valence-corrected chi connectivity index (χ4v) is 3.86. The van der Waals surface area contributed by atoms with Crippen LogP contribution in [-0.2, 0) is 13.6 Å². The Balaban J connectivity index is 2.20. The highest BCUT2D eigenvalue weighted by molar-refractivity contribution is 7.16. The van der Waals surface area contributed by atoms with Gasteiger partial charge in [-0.3, -0.25) is 9.48 Å². The molecule has 0 bridgehead atoms. The molecule has 0 atom stereocenters. The second-order valence-corrected chi connectivity index (χ2v) is 6.47. The van der Waals surface area contributed by atoms with Gasteiger partial charge in [-0.05, 0) is 32.0 Å². The van der Waals surface area contributed by atoms with Crippen molar-refractivity contribution in [3.63, 3.8) is 0 Å². The van der Waals surface area contributed by atoms with Crippen LogP contribution in [0.5, 0.6) is 11.5 Å². The molecule has 2 heterocycles. The first-order valence-electron chi connectivity index (χ1n) is 7.84. The van der Waals surface area contributed by atoms with Gasteiger partial charge < -0.3 is 14.0 Å². The van der Waals surface area contributed by atoms with Crippen molar-refractivity contribution >= 4 is 27.5 Å². The Kier molecular flexibility index (Phi) is 4.63. The van der Waals surface area contributed by atoms with Gasteiger partial charge in [0.25, 0.3) is 5.91 Å². The molecule has 0 spiro atoms. The Hall–Kier alpha value is -2.61. The summed E-state index contributed by atoms with van der Waals surface area (Å²) in [6.45, 7) is 4.42. The van der Waals surface area contributed by atoms with Crippen LogP contribution in [0.1, 0.15) is 23.1 Å². The second kappa shape index (κ2) is 6.72. The highest BCUT2D eigenvalue weighted by Crippen LogP contribution is 2.34. The third kappa shape index (κ3) is 2.93. The van der Waals surface area contributed by atoms with Crippen LogP contribution in [-0.4, -0.2) is 34.5 Å². The van der Waals surface area contributed by atoms with Crippen LogP contribution in [0, 0.1) is 6.92 Å². The van der Waals surface area contributed by atoms with E-state index < -0.39 is 0 Å². The fraction of sp³-hybridized carbons (Fsp3) is 0.353. The molecule has 7 nitrogen and oxygen atoms in total. The SMILES string of the molecule is CCn1nc(C)cc1C(=O)N=c1sc2c(OC)ccc(OC)c2n1C. The maximum atomic E-state index is 12.6. The maximum absolute atomic E-state index is 12.6. The first-order valence-corrected chi connectivity index (χ1v) is 8.65. The number of carbonyl (C=O) groups excluding carboxylic acids is 1. The highest BCUT2D eigenvalue weighted by Gasteiger charge is 2.16. The van der Waals surface area contributed by atoms with Gasteiger partial charge in [0.1, 0.15) is 27.4 Å². The lowest BCUT2D eigenvalue weighted by Gasteiger charge is -2.06. The summed E-state index contributed by atoms with van der Waals surface area (Å²) in [6.07, 6.45) is 0. The van der Waals surface area contributed by atoms with Crippen molar-refractivity contribution in [1.82, 2.24) is 14.3 Å². The summed E-state index contributed by atoms with van der Waals surface area (Å²) in [5.74, 6) is 1.11. The van der Waals surface area contributed by atoms with Crippen molar-refractivity contribution in [2.45, 2.75) is 20.4 Å². The van der Waals surface area contributed by atoms with Crippen LogP contribution < -0.4 is 14.3 Å². The molecule has 0 fully saturated rings. The first-order chi connectivity index (χ1) is 12.0. The minimum absolute atomic E-state index is 0.317. The Morgan fingerprint density at radius 1 is 1.28 bits per heavy atom. The van der Waals surface area contributed by atoms with Crippen LogP contribution in [0.3, 0.4) is 0 Å². The van der Waals surface area contributed by atoms with Crippen LogP contribution in [0.4, 0.5) is 0 Å². The van der Waals surface area contributed by atoms with E-state index in [1.807, 2.05) is 37.6 Å². The Labute approximate surface area is 149 Å². The van der Waals surface area contributed by atoms with Gasteiger partial charge in [-0.25, -0.2) is 0 Å². The van der Waals surface area contributed by atoms with E-state index in [0.29, 0.717) is 22.8 Å². The van der Waals surface area contributed by atoms with Gasteiger partial charge in [-0.1, -0.05) is 11.3 Å². The van der Waals surface area contributed by atoms with Crippen LogP contribution in [0.2, 0.25) is 0 Å². The predicted molar refractivity (Wildman–Crippen MR) is 96.4 cm³/mol. The van der Waals surface area contributed by atoms with Gasteiger partial charge in [0.15, 0.2) is 4.80 Å². The van der Waals surface area contributed by atoms with Gasteiger partial charge in [-0.2, -0.15) is 10.1 Å². The Morgan fingerprint density at radius 3 is 2.60 bits per heavy atom. The molecule has 3 aromatic rings. The summed E-state index contributed by atoms with van der Waals surface area (Å²) in [5, 5.41) is 4.30. The van der Waals surface area contributed by atoms with Crippen molar-refractivity contribution in [3.05, 3.63) is 34.4 Å². The number of amides is 1. The van der Waals surface area contributed by atoms with Crippen LogP contribution in [0.15, 0.2) is 23.2 Å². The average Bonchev–Trinajstić information content (AvgIpc) is 3.15. The number of fused-ring (bicyclic) bond motifs is 1. The molecule has 132 valence electrons. The average molecular weight is 360 g/mol. The molecule has 8 heteroatoms. The fourth-order valence-electron chi connectivity index (χ4n) is 2.73. The standard InChI is InChI=1S/C17H20N4O3S/c1-6-21-11(9-10(2)19-21)16(22)18-17-20(3)14-12(23-4)7-8-13(24-5)15(14)25-17/h7-9H,6H2,1-5H3. The normalized spacial score (nSPS) is 12.0. The van der Waals surface area contributed by atoms with Crippen LogP contribution in [0.25, 0.3) is 10.2 Å². The predicted octanol–water partition coefficient (Wildman–Crippen LogP) is 2.52. The van der Waals surface area contributed by atoms with E-state index in [2.05, 4.69) is 10.1 Å². The molecule has 3 rings (SSSR count). The van der Waals surface area contributed by atoms with Crippen molar-refractivity contribution in [1.29, 1.82) is 0 Å². The summed E-state index contributed by atoms with van der Waals surface area (Å²) in [5.41, 5.74) is 2.12. The topological polar surface area (TPSA) is 70.6 Å². The maximum Gasteiger partial charge on any atom is 0.297 e. The van der Waals surface area contributed by atoms with Crippen molar-refractivity contribution in [2.75, 3.05) is 14.2 Å². The number of aryl methyl sites for hydroxylation is 3. The molecule has 25 heavy (non-hydrogen) atoms. The Bertz CT molecular complexity index is 1010. The first kappa shape index (κ1) is 17.2. The third-order valence-electron chi connectivity index (χ3n) is 3.93. The number of methoxy groups -OCH3 is 2. The molecule has 0 aliphatic carbocycles. The zero-order valence-corrected chi connectivity index (χ0v) is 15.7. The number of ether oxygens (including phenoxy) is 2. The summed E-state index contributed by atoms with van der Waals surface area (Å²) in [7, 11) is 5.09. The van der Waals surface area contributed by atoms with Crippen LogP contribution >= 0.6 is 11.3 Å². The lowest BCUT2D eigenvalue weighted by molar-refractivity contribution is 0.0988. The number of hydrogen-bond acceptors (Lipinski definition) is 5. The van der Waals surface area contributed by atoms with Crippen molar-refractivity contribution < 1.29 is 14.3 Å². The van der Waals surface area contributed by atoms with E-state index in [9.17, 15) is 4.79 Å². The van der Waals surface area contributed by atoms with Crippen molar-refractivity contribution in [2.24, 2.45) is 12.0 Å². The van der Waals surface area contributed by atoms with Gasteiger partial charge in [0, 0.05) is 13.6 Å². The molecule has 1 aromatic carbocycles.